The SMILES string of the molecule is O=C(N[C@H]1c2ccccc2OC[C@H]1O)C(Cc1cccnc1)C[C@H](O)CN1CCN(Cc2cc3sccc3s2)C[C@H]1C(=O)NCC(F)(F)F. The molecule has 0 aliphatic carbocycles. The van der Waals surface area contributed by atoms with Crippen LogP contribution in [0.5, 0.6) is 5.75 Å². The van der Waals surface area contributed by atoms with Crippen molar-refractivity contribution in [1.29, 1.82) is 0 Å². The number of amides is 2. The van der Waals surface area contributed by atoms with Crippen LogP contribution in [-0.4, -0.2) is 101 Å². The summed E-state index contributed by atoms with van der Waals surface area (Å²) < 4.78 is 47.1. The zero-order valence-electron chi connectivity index (χ0n) is 26.5. The number of nitrogens with zero attached hydrogens (tertiary/aromatic N) is 3. The zero-order chi connectivity index (χ0) is 34.5. The van der Waals surface area contributed by atoms with E-state index in [4.69, 9.17) is 4.74 Å². The number of aromatic nitrogens is 1. The number of β-amino-alcohol motifs (C(OH)–C–C–N with tert-alkyl or cyclic N) is 1. The number of pyridine rings is 1. The standard InChI is InChI=1S/C34H38F3N5O5S2/c35-34(36,37)20-39-33(46)26-18-41(17-24-14-30-29(49-24)7-11-48-30)9-10-42(26)16-23(43)13-22(12-21-4-3-8-38-15-21)32(45)40-31-25-5-1-2-6-28(25)47-19-27(31)44/h1-8,11,14-15,22-23,26-27,31,43-44H,9-10,12-13,16-20H2,(H,39,46)(H,40,45)/t22?,23-,26-,27+,31-/m0/s1. The average Bonchev–Trinajstić information content (AvgIpc) is 3.67. The maximum atomic E-state index is 13.8. The second-order valence-corrected chi connectivity index (χ2v) is 14.6. The fraction of sp³-hybridized carbons (Fsp3) is 0.441. The number of rotatable bonds is 12. The summed E-state index contributed by atoms with van der Waals surface area (Å²) in [7, 11) is 0. The Morgan fingerprint density at radius 3 is 2.73 bits per heavy atom. The lowest BCUT2D eigenvalue weighted by atomic mass is 9.91. The molecule has 5 atom stereocenters. The van der Waals surface area contributed by atoms with Crippen molar-refractivity contribution in [3.8, 4) is 5.75 Å². The van der Waals surface area contributed by atoms with Gasteiger partial charge in [-0.15, -0.1) is 22.7 Å². The van der Waals surface area contributed by atoms with Gasteiger partial charge in [0, 0.05) is 70.9 Å². The van der Waals surface area contributed by atoms with Crippen LogP contribution in [0.25, 0.3) is 9.40 Å². The molecule has 2 aliphatic rings. The average molecular weight is 718 g/mol. The highest BCUT2D eigenvalue weighted by molar-refractivity contribution is 7.26. The van der Waals surface area contributed by atoms with Crippen molar-refractivity contribution in [2.75, 3.05) is 39.3 Å². The molecule has 1 saturated heterocycles. The molecular weight excluding hydrogens is 680 g/mol. The highest BCUT2D eigenvalue weighted by Gasteiger charge is 2.38. The molecule has 2 aliphatic heterocycles. The molecule has 2 amide bonds. The molecule has 49 heavy (non-hydrogen) atoms. The smallest absolute Gasteiger partial charge is 0.405 e. The number of hydrogen-bond acceptors (Lipinski definition) is 10. The molecule has 15 heteroatoms. The van der Waals surface area contributed by atoms with E-state index in [0.717, 1.165) is 10.4 Å². The summed E-state index contributed by atoms with van der Waals surface area (Å²) in [6, 6.07) is 13.2. The van der Waals surface area contributed by atoms with Crippen LogP contribution in [0, 0.1) is 5.92 Å². The lowest BCUT2D eigenvalue weighted by molar-refractivity contribution is -0.143. The molecule has 4 aromatic rings. The topological polar surface area (TPSA) is 127 Å². The summed E-state index contributed by atoms with van der Waals surface area (Å²) in [6.07, 6.45) is -3.13. The van der Waals surface area contributed by atoms with Crippen LogP contribution in [0.15, 0.2) is 66.3 Å². The predicted octanol–water partition coefficient (Wildman–Crippen LogP) is 3.74. The van der Waals surface area contributed by atoms with Crippen LogP contribution in [0.4, 0.5) is 13.2 Å². The molecule has 5 heterocycles. The number of hydrogen-bond donors (Lipinski definition) is 4. The second kappa shape index (κ2) is 15.5. The second-order valence-electron chi connectivity index (χ2n) is 12.5. The number of benzene rings is 1. The van der Waals surface area contributed by atoms with Crippen molar-refractivity contribution in [2.24, 2.45) is 5.92 Å². The number of halogens is 3. The van der Waals surface area contributed by atoms with Crippen molar-refractivity contribution in [2.45, 2.75) is 49.9 Å². The number of piperazine rings is 1. The maximum absolute atomic E-state index is 13.8. The van der Waals surface area contributed by atoms with Crippen LogP contribution >= 0.6 is 22.7 Å². The van der Waals surface area contributed by atoms with Gasteiger partial charge < -0.3 is 25.6 Å². The van der Waals surface area contributed by atoms with Crippen molar-refractivity contribution in [3.05, 3.63) is 82.3 Å². The molecule has 1 fully saturated rings. The van der Waals surface area contributed by atoms with E-state index in [-0.39, 0.29) is 38.4 Å². The number of fused-ring (bicyclic) bond motifs is 2. The third-order valence-corrected chi connectivity index (χ3v) is 10.9. The number of carbonyl (C=O) groups is 2. The highest BCUT2D eigenvalue weighted by Crippen LogP contribution is 2.33. The fourth-order valence-electron chi connectivity index (χ4n) is 6.46. The number of carbonyl (C=O) groups excluding carboxylic acids is 2. The minimum atomic E-state index is -4.57. The Kier molecular flexibility index (Phi) is 11.2. The van der Waals surface area contributed by atoms with E-state index >= 15 is 0 Å². The van der Waals surface area contributed by atoms with Gasteiger partial charge in [-0.3, -0.25) is 24.4 Å². The first kappa shape index (κ1) is 35.2. The monoisotopic (exact) mass is 717 g/mol. The molecule has 10 nitrogen and oxygen atoms in total. The highest BCUT2D eigenvalue weighted by atomic mass is 32.1. The molecule has 6 rings (SSSR count). The van der Waals surface area contributed by atoms with Gasteiger partial charge in [-0.25, -0.2) is 0 Å². The van der Waals surface area contributed by atoms with Crippen molar-refractivity contribution in [3.63, 3.8) is 0 Å². The molecular formula is C34H38F3N5O5S2. The lowest BCUT2D eigenvalue weighted by Gasteiger charge is -2.41. The summed E-state index contributed by atoms with van der Waals surface area (Å²) in [5, 5.41) is 29.1. The fourth-order valence-corrected chi connectivity index (χ4v) is 8.64. The largest absolute Gasteiger partial charge is 0.490 e. The molecule has 262 valence electrons. The Bertz CT molecular complexity index is 1690. The van der Waals surface area contributed by atoms with E-state index in [1.807, 2.05) is 27.7 Å². The van der Waals surface area contributed by atoms with Gasteiger partial charge in [0.25, 0.3) is 0 Å². The minimum absolute atomic E-state index is 0.00469. The Balaban J connectivity index is 1.15. The third kappa shape index (κ3) is 9.15. The molecule has 0 radical (unpaired) electrons. The zero-order valence-corrected chi connectivity index (χ0v) is 28.1. The van der Waals surface area contributed by atoms with Gasteiger partial charge >= 0.3 is 6.18 Å². The number of nitrogens with one attached hydrogen (secondary N) is 2. The molecule has 4 N–H and O–H groups in total. The summed E-state index contributed by atoms with van der Waals surface area (Å²) in [5.41, 5.74) is 1.41. The quantitative estimate of drug-likeness (QED) is 0.175. The van der Waals surface area contributed by atoms with E-state index in [9.17, 15) is 33.0 Å². The van der Waals surface area contributed by atoms with Gasteiger partial charge in [-0.05, 0) is 48.1 Å². The number of alkyl halides is 3. The van der Waals surface area contributed by atoms with Crippen molar-refractivity contribution >= 4 is 43.9 Å². The Morgan fingerprint density at radius 2 is 1.96 bits per heavy atom. The summed E-state index contributed by atoms with van der Waals surface area (Å²) >= 11 is 3.29. The van der Waals surface area contributed by atoms with Gasteiger partial charge in [0.05, 0.1) is 12.1 Å². The van der Waals surface area contributed by atoms with Crippen molar-refractivity contribution < 1.29 is 37.7 Å². The Labute approximate surface area is 289 Å². The van der Waals surface area contributed by atoms with E-state index in [1.165, 1.54) is 9.40 Å². The van der Waals surface area contributed by atoms with Crippen LogP contribution in [0.1, 0.15) is 28.5 Å². The number of aliphatic hydroxyl groups is 2. The van der Waals surface area contributed by atoms with Crippen molar-refractivity contribution in [1.82, 2.24) is 25.4 Å². The molecule has 3 aromatic heterocycles. The molecule has 1 unspecified atom stereocenters. The normalized spacial score (nSPS) is 21.4. The Morgan fingerprint density at radius 1 is 1.12 bits per heavy atom. The third-order valence-electron chi connectivity index (χ3n) is 8.83. The van der Waals surface area contributed by atoms with Gasteiger partial charge in [0.2, 0.25) is 11.8 Å². The minimum Gasteiger partial charge on any atom is -0.490 e. The molecule has 0 spiro atoms. The van der Waals surface area contributed by atoms with E-state index in [1.54, 1.807) is 70.3 Å². The Hall–Kier alpha value is -3.60. The summed E-state index contributed by atoms with van der Waals surface area (Å²) in [4.78, 5) is 36.0. The van der Waals surface area contributed by atoms with Gasteiger partial charge in [0.1, 0.15) is 31.0 Å². The molecule has 0 saturated carbocycles. The first-order valence-electron chi connectivity index (χ1n) is 16.1. The van der Waals surface area contributed by atoms with E-state index in [2.05, 4.69) is 16.4 Å². The first-order valence-corrected chi connectivity index (χ1v) is 17.8. The lowest BCUT2D eigenvalue weighted by Crippen LogP contribution is -2.60. The summed E-state index contributed by atoms with van der Waals surface area (Å²) in [6.45, 7) is 0.156. The van der Waals surface area contributed by atoms with Crippen LogP contribution in [-0.2, 0) is 22.6 Å². The van der Waals surface area contributed by atoms with E-state index in [0.29, 0.717) is 30.9 Å². The summed E-state index contributed by atoms with van der Waals surface area (Å²) in [5.74, 6) is -1.33. The van der Waals surface area contributed by atoms with Crippen LogP contribution < -0.4 is 15.4 Å². The van der Waals surface area contributed by atoms with Gasteiger partial charge in [-0.2, -0.15) is 13.2 Å². The first-order chi connectivity index (χ1) is 23.5. The van der Waals surface area contributed by atoms with Crippen LogP contribution in [0.2, 0.25) is 0 Å². The molecule has 0 bridgehead atoms. The number of ether oxygens (including phenoxy) is 1. The van der Waals surface area contributed by atoms with Crippen LogP contribution in [0.3, 0.4) is 0 Å². The maximum Gasteiger partial charge on any atom is 0.405 e. The number of aliphatic hydroxyl groups excluding tert-OH is 2. The predicted molar refractivity (Wildman–Crippen MR) is 180 cm³/mol. The number of thiophene rings is 2. The van der Waals surface area contributed by atoms with Gasteiger partial charge in [0.15, 0.2) is 0 Å². The van der Waals surface area contributed by atoms with Gasteiger partial charge in [-0.1, -0.05) is 24.3 Å². The van der Waals surface area contributed by atoms with E-state index < -0.39 is 48.8 Å². The molecule has 1 aromatic carbocycles. The number of para-hydroxylation sites is 1.